The molecule has 0 unspecified atom stereocenters. The number of nitrogens with zero attached hydrogens (tertiary/aromatic N) is 3. The van der Waals surface area contributed by atoms with Crippen molar-refractivity contribution >= 4 is 52.2 Å². The van der Waals surface area contributed by atoms with Crippen LogP contribution in [0.1, 0.15) is 33.5 Å². The molecule has 0 spiro atoms. The third-order valence-electron chi connectivity index (χ3n) is 4.16. The lowest BCUT2D eigenvalue weighted by molar-refractivity contribution is -0.117. The summed E-state index contributed by atoms with van der Waals surface area (Å²) in [4.78, 5) is 36.3. The fourth-order valence-corrected chi connectivity index (χ4v) is 3.22. The Balaban J connectivity index is 1.68. The molecule has 0 saturated heterocycles. The fourth-order valence-electron chi connectivity index (χ4n) is 2.69. The van der Waals surface area contributed by atoms with Crippen molar-refractivity contribution in [2.75, 3.05) is 10.6 Å². The number of anilines is 2. The lowest BCUT2D eigenvalue weighted by Crippen LogP contribution is -2.21. The fraction of sp³-hybridized carbons (Fsp3) is 0.150. The first-order chi connectivity index (χ1) is 14.2. The molecule has 154 valence electrons. The molecule has 0 radical (unpaired) electrons. The van der Waals surface area contributed by atoms with Gasteiger partial charge in [0.1, 0.15) is 6.54 Å². The van der Waals surface area contributed by atoms with Gasteiger partial charge in [-0.2, -0.15) is 0 Å². The molecule has 0 atom stereocenters. The van der Waals surface area contributed by atoms with Gasteiger partial charge in [-0.1, -0.05) is 40.5 Å². The first-order valence-electron chi connectivity index (χ1n) is 8.81. The monoisotopic (exact) mass is 445 g/mol. The van der Waals surface area contributed by atoms with Gasteiger partial charge in [-0.3, -0.25) is 14.4 Å². The van der Waals surface area contributed by atoms with Crippen LogP contribution in [0.25, 0.3) is 0 Å². The molecule has 0 saturated carbocycles. The molecular formula is C20H17Cl2N5O3. The van der Waals surface area contributed by atoms with Crippen LogP contribution < -0.4 is 10.6 Å². The van der Waals surface area contributed by atoms with E-state index in [1.54, 1.807) is 49.4 Å². The Labute approximate surface area is 182 Å². The Morgan fingerprint density at radius 3 is 2.37 bits per heavy atom. The Kier molecular flexibility index (Phi) is 6.49. The first kappa shape index (κ1) is 21.5. The van der Waals surface area contributed by atoms with Crippen LogP contribution in [0.2, 0.25) is 10.0 Å². The summed E-state index contributed by atoms with van der Waals surface area (Å²) in [5, 5.41) is 13.8. The van der Waals surface area contributed by atoms with E-state index in [9.17, 15) is 14.4 Å². The normalized spacial score (nSPS) is 10.5. The number of aromatic nitrogens is 3. The van der Waals surface area contributed by atoms with Crippen LogP contribution in [0.15, 0.2) is 42.5 Å². The molecule has 2 aromatic carbocycles. The largest absolute Gasteiger partial charge is 0.324 e. The molecule has 0 fully saturated rings. The zero-order chi connectivity index (χ0) is 21.8. The lowest BCUT2D eigenvalue weighted by Gasteiger charge is -2.08. The van der Waals surface area contributed by atoms with Gasteiger partial charge in [-0.15, -0.1) is 5.10 Å². The van der Waals surface area contributed by atoms with E-state index < -0.39 is 5.91 Å². The molecule has 3 aromatic rings. The number of carbonyl (C=O) groups excluding carboxylic acids is 3. The highest BCUT2D eigenvalue weighted by Crippen LogP contribution is 2.23. The Morgan fingerprint density at radius 2 is 1.70 bits per heavy atom. The number of amides is 2. The Morgan fingerprint density at radius 1 is 1.00 bits per heavy atom. The Hall–Kier alpha value is -3.23. The highest BCUT2D eigenvalue weighted by Gasteiger charge is 2.18. The molecule has 8 nitrogen and oxygen atoms in total. The van der Waals surface area contributed by atoms with E-state index in [-0.39, 0.29) is 23.9 Å². The van der Waals surface area contributed by atoms with Gasteiger partial charge < -0.3 is 10.6 Å². The number of benzene rings is 2. The third-order valence-corrected chi connectivity index (χ3v) is 4.60. The van der Waals surface area contributed by atoms with Crippen LogP contribution in [0.3, 0.4) is 0 Å². The highest BCUT2D eigenvalue weighted by molar-refractivity contribution is 6.35. The molecule has 30 heavy (non-hydrogen) atoms. The maximum atomic E-state index is 12.5. The number of hydrogen-bond donors (Lipinski definition) is 2. The first-order valence-corrected chi connectivity index (χ1v) is 9.57. The topological polar surface area (TPSA) is 106 Å². The molecule has 0 aliphatic rings. The molecule has 0 bridgehead atoms. The number of rotatable bonds is 6. The van der Waals surface area contributed by atoms with Gasteiger partial charge in [0.2, 0.25) is 5.91 Å². The number of hydrogen-bond acceptors (Lipinski definition) is 5. The van der Waals surface area contributed by atoms with Gasteiger partial charge in [0.05, 0.1) is 5.69 Å². The molecule has 0 aliphatic heterocycles. The second-order valence-electron chi connectivity index (χ2n) is 6.48. The highest BCUT2D eigenvalue weighted by atomic mass is 35.5. The van der Waals surface area contributed by atoms with E-state index in [4.69, 9.17) is 23.2 Å². The van der Waals surface area contributed by atoms with Crippen molar-refractivity contribution in [1.29, 1.82) is 0 Å². The number of Topliss-reactive ketones (excluding diaryl/α,β-unsaturated/α-hetero) is 1. The van der Waals surface area contributed by atoms with Gasteiger partial charge in [0.15, 0.2) is 11.5 Å². The van der Waals surface area contributed by atoms with E-state index in [0.717, 1.165) is 0 Å². The number of halogens is 2. The van der Waals surface area contributed by atoms with Crippen molar-refractivity contribution in [3.05, 3.63) is 69.5 Å². The predicted molar refractivity (Wildman–Crippen MR) is 114 cm³/mol. The average molecular weight is 446 g/mol. The second kappa shape index (κ2) is 9.06. The zero-order valence-electron chi connectivity index (χ0n) is 16.1. The van der Waals surface area contributed by atoms with E-state index in [2.05, 4.69) is 20.9 Å². The zero-order valence-corrected chi connectivity index (χ0v) is 17.6. The molecule has 3 rings (SSSR count). The maximum Gasteiger partial charge on any atom is 0.278 e. The predicted octanol–water partition coefficient (Wildman–Crippen LogP) is 3.99. The van der Waals surface area contributed by atoms with Crippen molar-refractivity contribution < 1.29 is 14.4 Å². The summed E-state index contributed by atoms with van der Waals surface area (Å²) in [6, 6.07) is 11.2. The minimum absolute atomic E-state index is 0.0671. The van der Waals surface area contributed by atoms with Gasteiger partial charge >= 0.3 is 0 Å². The molecule has 2 amide bonds. The second-order valence-corrected chi connectivity index (χ2v) is 7.35. The number of ketones is 1. The summed E-state index contributed by atoms with van der Waals surface area (Å²) in [6.45, 7) is 2.92. The van der Waals surface area contributed by atoms with Crippen molar-refractivity contribution in [1.82, 2.24) is 15.0 Å². The molecule has 1 aromatic heterocycles. The maximum absolute atomic E-state index is 12.5. The average Bonchev–Trinajstić information content (AvgIpc) is 3.01. The summed E-state index contributed by atoms with van der Waals surface area (Å²) >= 11 is 11.9. The van der Waals surface area contributed by atoms with Crippen molar-refractivity contribution in [2.24, 2.45) is 0 Å². The minimum Gasteiger partial charge on any atom is -0.324 e. The molecule has 1 heterocycles. The van der Waals surface area contributed by atoms with Crippen LogP contribution in [-0.2, 0) is 11.3 Å². The van der Waals surface area contributed by atoms with E-state index >= 15 is 0 Å². The van der Waals surface area contributed by atoms with Crippen LogP contribution in [0.4, 0.5) is 11.4 Å². The quantitative estimate of drug-likeness (QED) is 0.557. The SMILES string of the molecule is CC(=O)c1cccc(NC(=O)Cn2nnc(C(=O)Nc3cc(Cl)cc(Cl)c3)c2C)c1. The molecule has 2 N–H and O–H groups in total. The minimum atomic E-state index is -0.508. The van der Waals surface area contributed by atoms with Gasteiger partial charge in [0, 0.05) is 27.0 Å². The van der Waals surface area contributed by atoms with Crippen molar-refractivity contribution in [2.45, 2.75) is 20.4 Å². The number of carbonyl (C=O) groups is 3. The van der Waals surface area contributed by atoms with Crippen LogP contribution >= 0.6 is 23.2 Å². The van der Waals surface area contributed by atoms with Gasteiger partial charge in [-0.05, 0) is 44.2 Å². The summed E-state index contributed by atoms with van der Waals surface area (Å²) in [7, 11) is 0. The summed E-state index contributed by atoms with van der Waals surface area (Å²) in [6.07, 6.45) is 0. The smallest absolute Gasteiger partial charge is 0.278 e. The molecule has 0 aliphatic carbocycles. The van der Waals surface area contributed by atoms with Crippen molar-refractivity contribution in [3.63, 3.8) is 0 Å². The third kappa shape index (κ3) is 5.22. The van der Waals surface area contributed by atoms with Gasteiger partial charge in [-0.25, -0.2) is 4.68 Å². The van der Waals surface area contributed by atoms with E-state index in [1.807, 2.05) is 0 Å². The van der Waals surface area contributed by atoms with Crippen molar-refractivity contribution in [3.8, 4) is 0 Å². The molecular weight excluding hydrogens is 429 g/mol. The van der Waals surface area contributed by atoms with Crippen LogP contribution in [0.5, 0.6) is 0 Å². The summed E-state index contributed by atoms with van der Waals surface area (Å²) < 4.78 is 1.31. The summed E-state index contributed by atoms with van der Waals surface area (Å²) in [5.74, 6) is -0.987. The molecule has 10 heteroatoms. The van der Waals surface area contributed by atoms with Crippen LogP contribution in [0, 0.1) is 6.92 Å². The van der Waals surface area contributed by atoms with Crippen LogP contribution in [-0.4, -0.2) is 32.6 Å². The van der Waals surface area contributed by atoms with E-state index in [0.29, 0.717) is 32.7 Å². The summed E-state index contributed by atoms with van der Waals surface area (Å²) in [5.41, 5.74) is 1.87. The standard InChI is InChI=1S/C20H17Cl2N5O3/c1-11-19(20(30)24-17-8-14(21)7-15(22)9-17)25-26-27(11)10-18(29)23-16-5-3-4-13(6-16)12(2)28/h3-9H,10H2,1-2H3,(H,23,29)(H,24,30). The lowest BCUT2D eigenvalue weighted by atomic mass is 10.1. The van der Waals surface area contributed by atoms with Gasteiger partial charge in [0.25, 0.3) is 5.91 Å². The van der Waals surface area contributed by atoms with E-state index in [1.165, 1.54) is 11.6 Å². The Bertz CT molecular complexity index is 1120. The number of nitrogens with one attached hydrogen (secondary N) is 2.